The fourth-order valence-electron chi connectivity index (χ4n) is 3.02. The first-order valence-electron chi connectivity index (χ1n) is 10.2. The summed E-state index contributed by atoms with van der Waals surface area (Å²) in [5, 5.41) is 11.8. The van der Waals surface area contributed by atoms with Crippen LogP contribution in [0.3, 0.4) is 0 Å². The second kappa shape index (κ2) is 9.99. The third-order valence-electron chi connectivity index (χ3n) is 4.33. The number of hydrogen-bond acceptors (Lipinski definition) is 6. The van der Waals surface area contributed by atoms with Crippen molar-refractivity contribution in [1.82, 2.24) is 14.7 Å². The smallest absolute Gasteiger partial charge is 0.412 e. The fraction of sp³-hybridized carbons (Fsp3) is 0.250. The average Bonchev–Trinajstić information content (AvgIpc) is 3.08. The molecule has 0 spiro atoms. The molecule has 0 unspecified atom stereocenters. The zero-order chi connectivity index (χ0) is 24.0. The fourth-order valence-corrected chi connectivity index (χ4v) is 3.02. The third kappa shape index (κ3) is 6.67. The Morgan fingerprint density at radius 2 is 1.79 bits per heavy atom. The van der Waals surface area contributed by atoms with Crippen LogP contribution in [0.2, 0.25) is 0 Å². The molecule has 3 rings (SSSR count). The lowest BCUT2D eigenvalue weighted by atomic mass is 10.2. The number of carboxylic acid groups (broad SMARTS) is 1. The molecule has 0 aliphatic heterocycles. The second-order valence-corrected chi connectivity index (χ2v) is 8.18. The number of hydrogen-bond donors (Lipinski definition) is 2. The van der Waals surface area contributed by atoms with E-state index in [4.69, 9.17) is 9.47 Å². The van der Waals surface area contributed by atoms with E-state index in [0.717, 1.165) is 5.56 Å². The highest BCUT2D eigenvalue weighted by atomic mass is 16.6. The lowest BCUT2D eigenvalue weighted by molar-refractivity contribution is -0.154. The molecule has 2 heterocycles. The van der Waals surface area contributed by atoms with Gasteiger partial charge in [0.1, 0.15) is 30.2 Å². The molecular formula is C24H25N3O6. The number of amides is 1. The van der Waals surface area contributed by atoms with E-state index in [1.807, 2.05) is 6.07 Å². The van der Waals surface area contributed by atoms with E-state index in [9.17, 15) is 19.5 Å². The van der Waals surface area contributed by atoms with Crippen LogP contribution < -0.4 is 5.32 Å². The number of fused-ring (bicyclic) bond motifs is 1. The number of nitrogens with one attached hydrogen (secondary N) is 1. The van der Waals surface area contributed by atoms with Crippen LogP contribution in [0.5, 0.6) is 0 Å². The molecule has 0 radical (unpaired) electrons. The minimum atomic E-state index is -1.36. The second-order valence-electron chi connectivity index (χ2n) is 8.18. The number of rotatable bonds is 7. The largest absolute Gasteiger partial charge is 0.477 e. The molecule has 9 heteroatoms. The van der Waals surface area contributed by atoms with Crippen LogP contribution in [0.4, 0.5) is 4.79 Å². The van der Waals surface area contributed by atoms with Crippen LogP contribution in [0.25, 0.3) is 11.6 Å². The monoisotopic (exact) mass is 451 g/mol. The Hall–Kier alpha value is -4.14. The highest BCUT2D eigenvalue weighted by Gasteiger charge is 2.21. The number of nitrogens with zero attached hydrogens (tertiary/aromatic N) is 2. The number of carbonyl (C=O) groups excluding carboxylic acids is 2. The molecule has 0 atom stereocenters. The summed E-state index contributed by atoms with van der Waals surface area (Å²) in [6.45, 7) is 5.30. The molecule has 172 valence electrons. The summed E-state index contributed by atoms with van der Waals surface area (Å²) in [6.07, 6.45) is 1.91. The summed E-state index contributed by atoms with van der Waals surface area (Å²) in [7, 11) is 0. The SMILES string of the molecule is CC(C)(C)OC(=O)Cc1nc(C=C(NC(=O)OCc2ccccc2)C(=O)O)c2ccccn12. The van der Waals surface area contributed by atoms with Gasteiger partial charge in [0.15, 0.2) is 0 Å². The summed E-state index contributed by atoms with van der Waals surface area (Å²) in [4.78, 5) is 40.6. The summed E-state index contributed by atoms with van der Waals surface area (Å²) in [5.74, 6) is -1.45. The zero-order valence-corrected chi connectivity index (χ0v) is 18.6. The molecule has 0 saturated carbocycles. The lowest BCUT2D eigenvalue weighted by Gasteiger charge is -2.19. The lowest BCUT2D eigenvalue weighted by Crippen LogP contribution is -2.27. The Labute approximate surface area is 190 Å². The van der Waals surface area contributed by atoms with Crippen molar-refractivity contribution in [2.75, 3.05) is 0 Å². The molecule has 0 fully saturated rings. The van der Waals surface area contributed by atoms with Crippen LogP contribution in [0.15, 0.2) is 60.4 Å². The van der Waals surface area contributed by atoms with Crippen molar-refractivity contribution in [3.8, 4) is 0 Å². The van der Waals surface area contributed by atoms with Crippen molar-refractivity contribution in [1.29, 1.82) is 0 Å². The van der Waals surface area contributed by atoms with Crippen molar-refractivity contribution in [2.45, 2.75) is 39.4 Å². The van der Waals surface area contributed by atoms with Gasteiger partial charge >= 0.3 is 18.0 Å². The molecular weight excluding hydrogens is 426 g/mol. The number of alkyl carbamates (subject to hydrolysis) is 1. The van der Waals surface area contributed by atoms with Gasteiger partial charge in [-0.25, -0.2) is 14.6 Å². The Kier molecular flexibility index (Phi) is 7.12. The van der Waals surface area contributed by atoms with Crippen LogP contribution >= 0.6 is 0 Å². The van der Waals surface area contributed by atoms with Gasteiger partial charge in [0.2, 0.25) is 0 Å². The van der Waals surface area contributed by atoms with Gasteiger partial charge in [0.25, 0.3) is 0 Å². The van der Waals surface area contributed by atoms with Crippen LogP contribution in [0.1, 0.15) is 37.9 Å². The summed E-state index contributed by atoms with van der Waals surface area (Å²) in [5.41, 5.74) is 0.540. The molecule has 0 aliphatic rings. The van der Waals surface area contributed by atoms with E-state index in [1.54, 1.807) is 73.8 Å². The van der Waals surface area contributed by atoms with Crippen molar-refractivity contribution < 1.29 is 29.0 Å². The molecule has 0 aliphatic carbocycles. The Bertz CT molecular complexity index is 1190. The Morgan fingerprint density at radius 3 is 2.45 bits per heavy atom. The maximum Gasteiger partial charge on any atom is 0.412 e. The van der Waals surface area contributed by atoms with Gasteiger partial charge in [-0.1, -0.05) is 36.4 Å². The van der Waals surface area contributed by atoms with E-state index >= 15 is 0 Å². The summed E-state index contributed by atoms with van der Waals surface area (Å²) >= 11 is 0. The normalized spacial score (nSPS) is 11.8. The number of carboxylic acids is 1. The number of carbonyl (C=O) groups is 3. The van der Waals surface area contributed by atoms with Gasteiger partial charge in [-0.2, -0.15) is 0 Å². The summed E-state index contributed by atoms with van der Waals surface area (Å²) in [6, 6.07) is 14.3. The van der Waals surface area contributed by atoms with Crippen LogP contribution in [-0.4, -0.2) is 38.1 Å². The van der Waals surface area contributed by atoms with Gasteiger partial charge < -0.3 is 19.0 Å². The van der Waals surface area contributed by atoms with Gasteiger partial charge in [-0.05, 0) is 44.5 Å². The highest BCUT2D eigenvalue weighted by Crippen LogP contribution is 2.18. The minimum Gasteiger partial charge on any atom is -0.477 e. The predicted molar refractivity (Wildman–Crippen MR) is 120 cm³/mol. The maximum atomic E-state index is 12.3. The Balaban J connectivity index is 1.82. The molecule has 0 bridgehead atoms. The van der Waals surface area contributed by atoms with Gasteiger partial charge in [-0.3, -0.25) is 10.1 Å². The van der Waals surface area contributed by atoms with Crippen LogP contribution in [-0.2, 0) is 32.1 Å². The standard InChI is InChI=1S/C24H25N3O6/c1-24(2,3)33-21(28)14-20-25-17(19-11-7-8-12-27(19)20)13-18(22(29)30)26-23(31)32-15-16-9-5-4-6-10-16/h4-13H,14-15H2,1-3H3,(H,26,31)(H,29,30). The molecule has 2 aromatic heterocycles. The summed E-state index contributed by atoms with van der Waals surface area (Å²) < 4.78 is 12.1. The zero-order valence-electron chi connectivity index (χ0n) is 18.6. The highest BCUT2D eigenvalue weighted by molar-refractivity contribution is 5.96. The average molecular weight is 451 g/mol. The number of pyridine rings is 1. The molecule has 1 amide bonds. The first-order chi connectivity index (χ1) is 15.6. The minimum absolute atomic E-state index is 0.00693. The van der Waals surface area contributed by atoms with Crippen molar-refractivity contribution in [3.63, 3.8) is 0 Å². The molecule has 2 N–H and O–H groups in total. The van der Waals surface area contributed by atoms with E-state index < -0.39 is 29.3 Å². The van der Waals surface area contributed by atoms with Crippen molar-refractivity contribution in [3.05, 3.63) is 77.5 Å². The van der Waals surface area contributed by atoms with Gasteiger partial charge in [-0.15, -0.1) is 0 Å². The molecule has 0 saturated heterocycles. The van der Waals surface area contributed by atoms with Gasteiger partial charge in [0.05, 0.1) is 11.2 Å². The van der Waals surface area contributed by atoms with E-state index in [-0.39, 0.29) is 18.7 Å². The topological polar surface area (TPSA) is 119 Å². The number of esters is 1. The van der Waals surface area contributed by atoms with Crippen molar-refractivity contribution >= 4 is 29.6 Å². The van der Waals surface area contributed by atoms with E-state index in [0.29, 0.717) is 11.3 Å². The molecule has 33 heavy (non-hydrogen) atoms. The number of aromatic nitrogens is 2. The number of aliphatic carboxylic acids is 1. The van der Waals surface area contributed by atoms with E-state index in [2.05, 4.69) is 10.3 Å². The van der Waals surface area contributed by atoms with Crippen molar-refractivity contribution in [2.24, 2.45) is 0 Å². The van der Waals surface area contributed by atoms with Gasteiger partial charge in [0, 0.05) is 6.20 Å². The Morgan fingerprint density at radius 1 is 1.09 bits per heavy atom. The van der Waals surface area contributed by atoms with E-state index in [1.165, 1.54) is 6.08 Å². The number of benzene rings is 1. The quantitative estimate of drug-likeness (QED) is 0.416. The molecule has 3 aromatic rings. The first-order valence-corrected chi connectivity index (χ1v) is 10.2. The van der Waals surface area contributed by atoms with Crippen LogP contribution in [0, 0.1) is 0 Å². The predicted octanol–water partition coefficient (Wildman–Crippen LogP) is 3.57. The number of ether oxygens (including phenoxy) is 2. The molecule has 1 aromatic carbocycles. The number of imidazole rings is 1. The maximum absolute atomic E-state index is 12.3. The third-order valence-corrected chi connectivity index (χ3v) is 4.33. The first kappa shape index (κ1) is 23.5. The molecule has 9 nitrogen and oxygen atoms in total.